The van der Waals surface area contributed by atoms with Gasteiger partial charge in [-0.1, -0.05) is 24.3 Å². The molecule has 1 aliphatic heterocycles. The predicted octanol–water partition coefficient (Wildman–Crippen LogP) is 3.66. The Morgan fingerprint density at radius 2 is 2.09 bits per heavy atom. The Labute approximate surface area is 183 Å². The Hall–Kier alpha value is -4.32. The zero-order valence-corrected chi connectivity index (χ0v) is 17.1. The summed E-state index contributed by atoms with van der Waals surface area (Å²) in [5, 5.41) is 16.6. The van der Waals surface area contributed by atoms with E-state index in [1.807, 2.05) is 6.07 Å². The van der Waals surface area contributed by atoms with Crippen LogP contribution in [0.5, 0.6) is 17.4 Å². The maximum Gasteiger partial charge on any atom is 0.311 e. The van der Waals surface area contributed by atoms with Gasteiger partial charge in [0.2, 0.25) is 11.8 Å². The van der Waals surface area contributed by atoms with Crippen LogP contribution in [0, 0.1) is 17.1 Å². The van der Waals surface area contributed by atoms with E-state index in [-0.39, 0.29) is 36.1 Å². The molecule has 0 amide bonds. The maximum absolute atomic E-state index is 14.5. The average Bonchev–Trinajstić information content (AvgIpc) is 3.17. The van der Waals surface area contributed by atoms with Gasteiger partial charge in [0, 0.05) is 0 Å². The van der Waals surface area contributed by atoms with Gasteiger partial charge in [-0.3, -0.25) is 9.89 Å². The van der Waals surface area contributed by atoms with Crippen LogP contribution in [0.3, 0.4) is 0 Å². The lowest BCUT2D eigenvalue weighted by molar-refractivity contribution is -0.142. The number of nitriles is 1. The molecule has 4 rings (SSSR count). The molecule has 0 fully saturated rings. The lowest BCUT2D eigenvalue weighted by Gasteiger charge is -2.24. The number of allylic oxidation sites excluding steroid dienone is 1. The lowest BCUT2D eigenvalue weighted by atomic mass is 9.83. The fourth-order valence-electron chi connectivity index (χ4n) is 3.53. The Morgan fingerprint density at radius 1 is 1.31 bits per heavy atom. The van der Waals surface area contributed by atoms with Gasteiger partial charge in [0.1, 0.15) is 17.4 Å². The number of benzene rings is 2. The van der Waals surface area contributed by atoms with Crippen molar-refractivity contribution in [3.63, 3.8) is 0 Å². The molecule has 1 aromatic heterocycles. The molecule has 8 nitrogen and oxygen atoms in total. The largest absolute Gasteiger partial charge is 0.466 e. The molecule has 0 radical (unpaired) electrons. The number of rotatable bonds is 6. The van der Waals surface area contributed by atoms with Crippen LogP contribution in [0.4, 0.5) is 4.39 Å². The van der Waals surface area contributed by atoms with Crippen LogP contribution in [0.15, 0.2) is 60.0 Å². The molecule has 0 saturated heterocycles. The number of hydrogen-bond acceptors (Lipinski definition) is 7. The number of esters is 1. The van der Waals surface area contributed by atoms with E-state index < -0.39 is 17.7 Å². The van der Waals surface area contributed by atoms with Crippen molar-refractivity contribution in [2.75, 3.05) is 6.61 Å². The van der Waals surface area contributed by atoms with E-state index in [1.165, 1.54) is 18.2 Å². The summed E-state index contributed by atoms with van der Waals surface area (Å²) in [6.07, 6.45) is -0.108. The van der Waals surface area contributed by atoms with Crippen molar-refractivity contribution in [3.05, 3.63) is 82.6 Å². The normalized spacial score (nSPS) is 14.8. The molecule has 0 spiro atoms. The van der Waals surface area contributed by atoms with Crippen molar-refractivity contribution in [1.29, 1.82) is 5.26 Å². The molecule has 3 N–H and O–H groups in total. The van der Waals surface area contributed by atoms with Gasteiger partial charge in [-0.2, -0.15) is 5.26 Å². The van der Waals surface area contributed by atoms with Gasteiger partial charge >= 0.3 is 5.97 Å². The van der Waals surface area contributed by atoms with Crippen LogP contribution >= 0.6 is 0 Å². The molecule has 32 heavy (non-hydrogen) atoms. The van der Waals surface area contributed by atoms with Crippen molar-refractivity contribution >= 4 is 5.97 Å². The number of nitrogens with zero attached hydrogens (tertiary/aromatic N) is 2. The van der Waals surface area contributed by atoms with E-state index in [4.69, 9.17) is 19.9 Å². The minimum absolute atomic E-state index is 0.0203. The predicted molar refractivity (Wildman–Crippen MR) is 111 cm³/mol. The van der Waals surface area contributed by atoms with Crippen LogP contribution in [0.25, 0.3) is 0 Å². The minimum Gasteiger partial charge on any atom is -0.466 e. The molecule has 9 heteroatoms. The van der Waals surface area contributed by atoms with Gasteiger partial charge in [-0.25, -0.2) is 4.39 Å². The number of ether oxygens (including phenoxy) is 3. The second-order valence-corrected chi connectivity index (χ2v) is 6.93. The Bertz CT molecular complexity index is 1230. The molecule has 0 bridgehead atoms. The molecule has 162 valence electrons. The van der Waals surface area contributed by atoms with E-state index in [2.05, 4.69) is 16.3 Å². The summed E-state index contributed by atoms with van der Waals surface area (Å²) in [6.45, 7) is 1.93. The van der Waals surface area contributed by atoms with E-state index in [0.717, 1.165) is 0 Å². The first kappa shape index (κ1) is 20.9. The summed E-state index contributed by atoms with van der Waals surface area (Å²) in [4.78, 5) is 12.1. The first-order chi connectivity index (χ1) is 15.5. The van der Waals surface area contributed by atoms with E-state index in [0.29, 0.717) is 22.6 Å². The van der Waals surface area contributed by atoms with Crippen LogP contribution in [0.1, 0.15) is 29.7 Å². The first-order valence-corrected chi connectivity index (χ1v) is 9.84. The minimum atomic E-state index is -0.745. The number of para-hydroxylation sites is 1. The van der Waals surface area contributed by atoms with Crippen LogP contribution < -0.4 is 15.2 Å². The van der Waals surface area contributed by atoms with Gasteiger partial charge in [0.05, 0.1) is 30.2 Å². The number of hydrogen-bond donors (Lipinski definition) is 2. The number of carbonyl (C=O) groups is 1. The second kappa shape index (κ2) is 8.81. The molecule has 1 aliphatic rings. The summed E-state index contributed by atoms with van der Waals surface area (Å²) in [6, 6.07) is 15.1. The third kappa shape index (κ3) is 3.98. The zero-order chi connectivity index (χ0) is 22.7. The molecule has 1 atom stereocenters. The number of halogens is 1. The zero-order valence-electron chi connectivity index (χ0n) is 17.1. The number of aromatic nitrogens is 2. The topological polar surface area (TPSA) is 123 Å². The Balaban J connectivity index is 1.79. The second-order valence-electron chi connectivity index (χ2n) is 6.93. The van der Waals surface area contributed by atoms with E-state index in [1.54, 1.807) is 31.2 Å². The van der Waals surface area contributed by atoms with Crippen molar-refractivity contribution < 1.29 is 23.4 Å². The van der Waals surface area contributed by atoms with Gasteiger partial charge in [0.25, 0.3) is 0 Å². The van der Waals surface area contributed by atoms with Crippen molar-refractivity contribution in [3.8, 4) is 23.4 Å². The number of aromatic amines is 1. The SMILES string of the molecule is CCOC(=O)Cc1[nH]nc2c1C(c1ccc(F)c(Oc3ccccc3)c1)C(C#N)=C(N)O2. The molecule has 3 aromatic rings. The number of fused-ring (bicyclic) bond motifs is 1. The van der Waals surface area contributed by atoms with Gasteiger partial charge in [-0.15, -0.1) is 5.10 Å². The highest BCUT2D eigenvalue weighted by molar-refractivity contribution is 5.73. The fourth-order valence-corrected chi connectivity index (χ4v) is 3.53. The first-order valence-electron chi connectivity index (χ1n) is 9.84. The Morgan fingerprint density at radius 3 is 2.81 bits per heavy atom. The smallest absolute Gasteiger partial charge is 0.311 e. The summed E-state index contributed by atoms with van der Waals surface area (Å²) in [7, 11) is 0. The number of nitrogens with two attached hydrogens (primary N) is 1. The van der Waals surface area contributed by atoms with Crippen LogP contribution in [-0.4, -0.2) is 22.8 Å². The van der Waals surface area contributed by atoms with E-state index in [9.17, 15) is 14.4 Å². The molecule has 2 aromatic carbocycles. The molecule has 0 aliphatic carbocycles. The van der Waals surface area contributed by atoms with Crippen LogP contribution in [-0.2, 0) is 16.0 Å². The molecule has 0 saturated carbocycles. The highest BCUT2D eigenvalue weighted by atomic mass is 19.1. The molecular weight excluding hydrogens is 415 g/mol. The van der Waals surface area contributed by atoms with Crippen molar-refractivity contribution in [2.45, 2.75) is 19.3 Å². The lowest BCUT2D eigenvalue weighted by Crippen LogP contribution is -2.22. The highest BCUT2D eigenvalue weighted by Crippen LogP contribution is 2.44. The van der Waals surface area contributed by atoms with Gasteiger partial charge in [-0.05, 0) is 36.8 Å². The molecule has 1 unspecified atom stereocenters. The molecule has 2 heterocycles. The van der Waals surface area contributed by atoms with Crippen molar-refractivity contribution in [1.82, 2.24) is 10.2 Å². The summed E-state index contributed by atoms with van der Waals surface area (Å²) in [5.41, 5.74) is 7.47. The van der Waals surface area contributed by atoms with Crippen molar-refractivity contribution in [2.24, 2.45) is 5.73 Å². The monoisotopic (exact) mass is 434 g/mol. The Kier molecular flexibility index (Phi) is 5.77. The van der Waals surface area contributed by atoms with Crippen LogP contribution in [0.2, 0.25) is 0 Å². The fraction of sp³-hybridized carbons (Fsp3) is 0.174. The molecular formula is C23H19FN4O4. The van der Waals surface area contributed by atoms with Gasteiger partial charge < -0.3 is 19.9 Å². The standard InChI is InChI=1S/C23H19FN4O4/c1-2-30-19(29)11-17-21-20(15(12-25)22(26)32-23(21)28-27-17)13-8-9-16(24)18(10-13)31-14-6-4-3-5-7-14/h3-10,20H,2,11,26H2,1H3,(H,27,28). The van der Waals surface area contributed by atoms with E-state index >= 15 is 0 Å². The summed E-state index contributed by atoms with van der Waals surface area (Å²) >= 11 is 0. The summed E-state index contributed by atoms with van der Waals surface area (Å²) in [5.74, 6) is -1.32. The maximum atomic E-state index is 14.5. The summed E-state index contributed by atoms with van der Waals surface area (Å²) < 4.78 is 30.7. The number of H-pyrrole nitrogens is 1. The third-order valence-corrected chi connectivity index (χ3v) is 4.90. The average molecular weight is 434 g/mol. The number of carbonyl (C=O) groups excluding carboxylic acids is 1. The highest BCUT2D eigenvalue weighted by Gasteiger charge is 2.36. The quantitative estimate of drug-likeness (QED) is 0.568. The van der Waals surface area contributed by atoms with Gasteiger partial charge in [0.15, 0.2) is 11.6 Å². The third-order valence-electron chi connectivity index (χ3n) is 4.90. The number of nitrogens with one attached hydrogen (secondary N) is 1.